The average Bonchev–Trinajstić information content (AvgIpc) is 3.22. The van der Waals surface area contributed by atoms with Gasteiger partial charge in [-0.15, -0.1) is 0 Å². The van der Waals surface area contributed by atoms with Crippen molar-refractivity contribution in [3.8, 4) is 0 Å². The van der Waals surface area contributed by atoms with Gasteiger partial charge in [0.15, 0.2) is 12.4 Å². The van der Waals surface area contributed by atoms with Gasteiger partial charge in [0.05, 0.1) is 40.3 Å². The number of unbranched alkanes of at least 4 members (excludes halogenated alkanes) is 25. The summed E-state index contributed by atoms with van der Waals surface area (Å²) in [6, 6.07) is 0. The van der Waals surface area contributed by atoms with Gasteiger partial charge >= 0.3 is 11.9 Å². The highest BCUT2D eigenvalue weighted by molar-refractivity contribution is 5.70. The quantitative estimate of drug-likeness (QED) is 0.0196. The number of allylic oxidation sites excluding steroid dienone is 6. The number of likely N-dealkylation sites (N-methyl/N-ethyl adjacent to an activating group) is 1. The van der Waals surface area contributed by atoms with E-state index in [9.17, 15) is 19.5 Å². The molecule has 61 heavy (non-hydrogen) atoms. The van der Waals surface area contributed by atoms with Crippen LogP contribution in [0, 0.1) is 0 Å². The molecule has 0 spiro atoms. The minimum atomic E-state index is -1.63. The molecule has 0 fully saturated rings. The summed E-state index contributed by atoms with van der Waals surface area (Å²) in [5.41, 5.74) is 0. The molecule has 2 unspecified atom stereocenters. The van der Waals surface area contributed by atoms with Crippen LogP contribution in [0.4, 0.5) is 0 Å². The van der Waals surface area contributed by atoms with Crippen molar-refractivity contribution in [3.05, 3.63) is 36.5 Å². The van der Waals surface area contributed by atoms with Crippen molar-refractivity contribution in [1.82, 2.24) is 0 Å². The number of carboxylic acids is 1. The molecule has 0 saturated heterocycles. The third kappa shape index (κ3) is 45.4. The lowest BCUT2D eigenvalue weighted by atomic mass is 10.0. The standard InChI is InChI=1S/C52H95NO8/c1-6-8-10-12-14-16-18-20-21-22-23-24-25-26-27-28-29-31-32-34-36-38-40-42-49(54)59-46-48(47-60-52(51(56)57)58-45-44-53(3,4)5)61-50(55)43-41-39-37-35-33-30-19-17-15-13-11-9-7-2/h9,11,15,17,30,33,48,52H,6-8,10,12-14,16,18-29,31-32,34-47H2,1-5H3/b11-9-,17-15-,33-30-. The number of carbonyl (C=O) groups is 3. The highest BCUT2D eigenvalue weighted by Crippen LogP contribution is 2.16. The van der Waals surface area contributed by atoms with Crippen LogP contribution in [0.3, 0.4) is 0 Å². The van der Waals surface area contributed by atoms with Crippen molar-refractivity contribution < 1.29 is 42.9 Å². The van der Waals surface area contributed by atoms with Gasteiger partial charge in [0.1, 0.15) is 13.2 Å². The van der Waals surface area contributed by atoms with Gasteiger partial charge < -0.3 is 33.3 Å². The molecule has 2 atom stereocenters. The summed E-state index contributed by atoms with van der Waals surface area (Å²) < 4.78 is 22.6. The maximum Gasteiger partial charge on any atom is 0.306 e. The van der Waals surface area contributed by atoms with Gasteiger partial charge in [-0.2, -0.15) is 0 Å². The summed E-state index contributed by atoms with van der Waals surface area (Å²) in [6.07, 6.45) is 47.7. The largest absolute Gasteiger partial charge is 0.545 e. The minimum Gasteiger partial charge on any atom is -0.545 e. The topological polar surface area (TPSA) is 111 Å². The summed E-state index contributed by atoms with van der Waals surface area (Å²) in [5, 5.41) is 11.7. The number of hydrogen-bond donors (Lipinski definition) is 0. The summed E-state index contributed by atoms with van der Waals surface area (Å²) in [4.78, 5) is 37.0. The van der Waals surface area contributed by atoms with Gasteiger partial charge in [-0.1, -0.05) is 198 Å². The van der Waals surface area contributed by atoms with E-state index in [1.54, 1.807) is 0 Å². The van der Waals surface area contributed by atoms with E-state index in [0.717, 1.165) is 57.8 Å². The van der Waals surface area contributed by atoms with E-state index in [0.29, 0.717) is 17.4 Å². The Morgan fingerprint density at radius 2 is 0.934 bits per heavy atom. The molecule has 356 valence electrons. The Kier molecular flexibility index (Phi) is 42.3. The SMILES string of the molecule is CC/C=C\C/C=C\C/C=C\CCCCCC(=O)OC(COC(=O)CCCCCCCCCCCCCCCCCCCCCCCCC)COC(OCC[N+](C)(C)C)C(=O)[O-]. The second-order valence-corrected chi connectivity index (χ2v) is 18.1. The predicted molar refractivity (Wildman–Crippen MR) is 251 cm³/mol. The van der Waals surface area contributed by atoms with Crippen LogP contribution in [-0.2, 0) is 33.3 Å². The molecule has 9 nitrogen and oxygen atoms in total. The van der Waals surface area contributed by atoms with Crippen molar-refractivity contribution in [2.45, 2.75) is 232 Å². The van der Waals surface area contributed by atoms with Gasteiger partial charge in [-0.05, 0) is 44.9 Å². The number of ether oxygens (including phenoxy) is 4. The molecule has 0 aliphatic rings. The third-order valence-corrected chi connectivity index (χ3v) is 10.9. The molecule has 0 aromatic carbocycles. The van der Waals surface area contributed by atoms with Crippen molar-refractivity contribution in [2.24, 2.45) is 0 Å². The maximum absolute atomic E-state index is 12.7. The molecule has 0 aliphatic heterocycles. The van der Waals surface area contributed by atoms with Gasteiger partial charge in [0, 0.05) is 12.8 Å². The second kappa shape index (κ2) is 44.1. The molecule has 9 heteroatoms. The number of quaternary nitrogens is 1. The predicted octanol–water partition coefficient (Wildman–Crippen LogP) is 12.4. The fraction of sp³-hybridized carbons (Fsp3) is 0.827. The highest BCUT2D eigenvalue weighted by Gasteiger charge is 2.21. The molecule has 0 aliphatic carbocycles. The number of aliphatic carboxylic acids is 1. The molecule has 0 aromatic rings. The lowest BCUT2D eigenvalue weighted by Crippen LogP contribution is -2.44. The number of esters is 2. The number of carbonyl (C=O) groups excluding carboxylic acids is 3. The third-order valence-electron chi connectivity index (χ3n) is 10.9. The first-order valence-electron chi connectivity index (χ1n) is 25.1. The zero-order valence-corrected chi connectivity index (χ0v) is 40.3. The van der Waals surface area contributed by atoms with E-state index in [1.807, 2.05) is 21.1 Å². The maximum atomic E-state index is 12.7. The van der Waals surface area contributed by atoms with Crippen molar-refractivity contribution >= 4 is 17.9 Å². The van der Waals surface area contributed by atoms with E-state index in [2.05, 4.69) is 50.3 Å². The molecule has 0 bridgehead atoms. The van der Waals surface area contributed by atoms with E-state index < -0.39 is 24.3 Å². The fourth-order valence-electron chi connectivity index (χ4n) is 7.02. The van der Waals surface area contributed by atoms with Crippen LogP contribution in [0.2, 0.25) is 0 Å². The van der Waals surface area contributed by atoms with Crippen molar-refractivity contribution in [2.75, 3.05) is 47.5 Å². The summed E-state index contributed by atoms with van der Waals surface area (Å²) in [7, 11) is 5.90. The normalized spacial score (nSPS) is 13.1. The molecular weight excluding hydrogens is 767 g/mol. The molecule has 0 aromatic heterocycles. The first-order valence-corrected chi connectivity index (χ1v) is 25.1. The van der Waals surface area contributed by atoms with Crippen LogP contribution >= 0.6 is 0 Å². The lowest BCUT2D eigenvalue weighted by Gasteiger charge is -2.26. The van der Waals surface area contributed by atoms with Crippen LogP contribution < -0.4 is 5.11 Å². The molecule has 0 radical (unpaired) electrons. The van der Waals surface area contributed by atoms with E-state index in [4.69, 9.17) is 18.9 Å². The van der Waals surface area contributed by atoms with E-state index in [1.165, 1.54) is 128 Å². The highest BCUT2D eigenvalue weighted by atomic mass is 16.7. The van der Waals surface area contributed by atoms with Crippen molar-refractivity contribution in [1.29, 1.82) is 0 Å². The van der Waals surface area contributed by atoms with Crippen LogP contribution in [0.25, 0.3) is 0 Å². The molecule has 0 rings (SSSR count). The van der Waals surface area contributed by atoms with Crippen LogP contribution in [0.15, 0.2) is 36.5 Å². The van der Waals surface area contributed by atoms with E-state index >= 15 is 0 Å². The van der Waals surface area contributed by atoms with Crippen molar-refractivity contribution in [3.63, 3.8) is 0 Å². The fourth-order valence-corrected chi connectivity index (χ4v) is 7.02. The molecule has 0 saturated carbocycles. The van der Waals surface area contributed by atoms with Gasteiger partial charge in [-0.3, -0.25) is 9.59 Å². The Balaban J connectivity index is 4.26. The first-order chi connectivity index (χ1) is 29.6. The zero-order chi connectivity index (χ0) is 44.9. The molecule has 0 N–H and O–H groups in total. The Labute approximate surface area is 375 Å². The molecule has 0 heterocycles. The van der Waals surface area contributed by atoms with Gasteiger partial charge in [0.25, 0.3) is 0 Å². The number of rotatable bonds is 46. The molecule has 0 amide bonds. The average molecular weight is 862 g/mol. The Hall–Kier alpha value is -2.49. The summed E-state index contributed by atoms with van der Waals surface area (Å²) in [5.74, 6) is -2.32. The van der Waals surface area contributed by atoms with E-state index in [-0.39, 0.29) is 38.6 Å². The van der Waals surface area contributed by atoms with Crippen LogP contribution in [0.1, 0.15) is 219 Å². The Morgan fingerprint density at radius 1 is 0.508 bits per heavy atom. The summed E-state index contributed by atoms with van der Waals surface area (Å²) >= 11 is 0. The van der Waals surface area contributed by atoms with Crippen LogP contribution in [0.5, 0.6) is 0 Å². The van der Waals surface area contributed by atoms with Gasteiger partial charge in [-0.25, -0.2) is 0 Å². The smallest absolute Gasteiger partial charge is 0.306 e. The zero-order valence-electron chi connectivity index (χ0n) is 40.3. The Bertz CT molecular complexity index is 1100. The number of nitrogens with zero attached hydrogens (tertiary/aromatic N) is 1. The number of carboxylic acid groups (broad SMARTS) is 1. The Morgan fingerprint density at radius 3 is 1.39 bits per heavy atom. The molecular formula is C52H95NO8. The number of hydrogen-bond acceptors (Lipinski definition) is 8. The lowest BCUT2D eigenvalue weighted by molar-refractivity contribution is -0.870. The van der Waals surface area contributed by atoms with Crippen LogP contribution in [-0.4, -0.2) is 82.3 Å². The summed E-state index contributed by atoms with van der Waals surface area (Å²) in [6.45, 7) is 4.61. The monoisotopic (exact) mass is 862 g/mol. The van der Waals surface area contributed by atoms with Gasteiger partial charge in [0.2, 0.25) is 0 Å². The first kappa shape index (κ1) is 58.5. The minimum absolute atomic E-state index is 0.143. The second-order valence-electron chi connectivity index (χ2n) is 18.1.